The first-order chi connectivity index (χ1) is 14.0. The van der Waals surface area contributed by atoms with Gasteiger partial charge in [-0.2, -0.15) is 5.10 Å². The molecule has 7 nitrogen and oxygen atoms in total. The fourth-order valence-electron chi connectivity index (χ4n) is 3.52. The second-order valence-corrected chi connectivity index (χ2v) is 7.63. The third kappa shape index (κ3) is 4.41. The molecule has 4 rings (SSSR count). The Morgan fingerprint density at radius 1 is 1.10 bits per heavy atom. The molecule has 1 aliphatic heterocycles. The lowest BCUT2D eigenvalue weighted by atomic mass is 10.1. The Morgan fingerprint density at radius 3 is 2.52 bits per heavy atom. The van der Waals surface area contributed by atoms with E-state index < -0.39 is 0 Å². The zero-order chi connectivity index (χ0) is 20.4. The molecule has 0 spiro atoms. The van der Waals surface area contributed by atoms with Crippen LogP contribution in [0.5, 0.6) is 0 Å². The minimum absolute atomic E-state index is 0.136. The number of aromatic amines is 1. The Hall–Kier alpha value is -2.90. The third-order valence-corrected chi connectivity index (χ3v) is 5.41. The van der Waals surface area contributed by atoms with E-state index in [1.807, 2.05) is 29.2 Å². The quantitative estimate of drug-likeness (QED) is 0.691. The summed E-state index contributed by atoms with van der Waals surface area (Å²) < 4.78 is 0. The SMILES string of the molecule is CC(=O)N1CCN(Cc2ccc(NC(=O)c3n[nH]c4ccc(Cl)cc34)cc2)CC1. The lowest BCUT2D eigenvalue weighted by molar-refractivity contribution is -0.130. The fourth-order valence-corrected chi connectivity index (χ4v) is 3.69. The predicted molar refractivity (Wildman–Crippen MR) is 113 cm³/mol. The van der Waals surface area contributed by atoms with Crippen LogP contribution in [0, 0.1) is 0 Å². The average Bonchev–Trinajstić information content (AvgIpc) is 3.13. The van der Waals surface area contributed by atoms with E-state index in [4.69, 9.17) is 11.6 Å². The van der Waals surface area contributed by atoms with Crippen molar-refractivity contribution in [1.29, 1.82) is 0 Å². The minimum Gasteiger partial charge on any atom is -0.340 e. The Bertz CT molecular complexity index is 1040. The highest BCUT2D eigenvalue weighted by Gasteiger charge is 2.19. The number of piperazine rings is 1. The number of carbonyl (C=O) groups excluding carboxylic acids is 2. The van der Waals surface area contributed by atoms with E-state index >= 15 is 0 Å². The number of hydrogen-bond donors (Lipinski definition) is 2. The van der Waals surface area contributed by atoms with Crippen LogP contribution in [0.15, 0.2) is 42.5 Å². The molecule has 8 heteroatoms. The molecule has 0 bridgehead atoms. The van der Waals surface area contributed by atoms with Gasteiger partial charge < -0.3 is 10.2 Å². The van der Waals surface area contributed by atoms with Crippen LogP contribution in [-0.4, -0.2) is 58.0 Å². The number of benzene rings is 2. The zero-order valence-electron chi connectivity index (χ0n) is 16.1. The molecule has 29 heavy (non-hydrogen) atoms. The molecule has 0 atom stereocenters. The lowest BCUT2D eigenvalue weighted by Gasteiger charge is -2.34. The summed E-state index contributed by atoms with van der Waals surface area (Å²) in [7, 11) is 0. The number of hydrogen-bond acceptors (Lipinski definition) is 4. The zero-order valence-corrected chi connectivity index (χ0v) is 16.9. The number of H-pyrrole nitrogens is 1. The van der Waals surface area contributed by atoms with Crippen LogP contribution >= 0.6 is 11.6 Å². The number of rotatable bonds is 4. The first-order valence-electron chi connectivity index (χ1n) is 9.51. The smallest absolute Gasteiger partial charge is 0.276 e. The summed E-state index contributed by atoms with van der Waals surface area (Å²) in [5, 5.41) is 11.1. The van der Waals surface area contributed by atoms with Gasteiger partial charge in [0.1, 0.15) is 0 Å². The Kier molecular flexibility index (Phi) is 5.51. The molecule has 2 heterocycles. The molecule has 2 amide bonds. The van der Waals surface area contributed by atoms with Crippen molar-refractivity contribution >= 4 is 40.0 Å². The largest absolute Gasteiger partial charge is 0.340 e. The van der Waals surface area contributed by atoms with Crippen LogP contribution in [0.25, 0.3) is 10.9 Å². The van der Waals surface area contributed by atoms with Crippen LogP contribution in [0.1, 0.15) is 23.0 Å². The number of fused-ring (bicyclic) bond motifs is 1. The Balaban J connectivity index is 1.37. The second kappa shape index (κ2) is 8.23. The van der Waals surface area contributed by atoms with Crippen molar-refractivity contribution < 1.29 is 9.59 Å². The Morgan fingerprint density at radius 2 is 1.83 bits per heavy atom. The van der Waals surface area contributed by atoms with Crippen LogP contribution in [-0.2, 0) is 11.3 Å². The van der Waals surface area contributed by atoms with Gasteiger partial charge in [-0.25, -0.2) is 0 Å². The second-order valence-electron chi connectivity index (χ2n) is 7.20. The van der Waals surface area contributed by atoms with E-state index in [2.05, 4.69) is 20.4 Å². The van der Waals surface area contributed by atoms with E-state index in [-0.39, 0.29) is 11.8 Å². The fraction of sp³-hybridized carbons (Fsp3) is 0.286. The highest BCUT2D eigenvalue weighted by molar-refractivity contribution is 6.31. The molecule has 0 aliphatic carbocycles. The van der Waals surface area contributed by atoms with Gasteiger partial charge in [0.15, 0.2) is 5.69 Å². The first kappa shape index (κ1) is 19.4. The van der Waals surface area contributed by atoms with Crippen molar-refractivity contribution in [2.45, 2.75) is 13.5 Å². The maximum absolute atomic E-state index is 12.6. The van der Waals surface area contributed by atoms with E-state index in [1.165, 1.54) is 0 Å². The van der Waals surface area contributed by atoms with Crippen molar-refractivity contribution in [3.05, 3.63) is 58.7 Å². The molecule has 1 aliphatic rings. The molecule has 150 valence electrons. The number of nitrogens with one attached hydrogen (secondary N) is 2. The van der Waals surface area contributed by atoms with E-state index in [9.17, 15) is 9.59 Å². The maximum atomic E-state index is 12.6. The van der Waals surface area contributed by atoms with Gasteiger partial charge in [0, 0.05) is 55.7 Å². The van der Waals surface area contributed by atoms with Gasteiger partial charge in [-0.3, -0.25) is 19.6 Å². The van der Waals surface area contributed by atoms with Gasteiger partial charge >= 0.3 is 0 Å². The van der Waals surface area contributed by atoms with Crippen LogP contribution in [0.3, 0.4) is 0 Å². The third-order valence-electron chi connectivity index (χ3n) is 5.18. The summed E-state index contributed by atoms with van der Waals surface area (Å²) in [5.74, 6) is -0.150. The Labute approximate surface area is 173 Å². The van der Waals surface area contributed by atoms with Crippen LogP contribution in [0.4, 0.5) is 5.69 Å². The molecular formula is C21H22ClN5O2. The van der Waals surface area contributed by atoms with Crippen molar-refractivity contribution in [2.75, 3.05) is 31.5 Å². The van der Waals surface area contributed by atoms with Crippen LogP contribution in [0.2, 0.25) is 5.02 Å². The summed E-state index contributed by atoms with van der Waals surface area (Å²) in [4.78, 5) is 28.2. The lowest BCUT2D eigenvalue weighted by Crippen LogP contribution is -2.47. The highest BCUT2D eigenvalue weighted by atomic mass is 35.5. The normalized spacial score (nSPS) is 14.9. The molecule has 0 radical (unpaired) electrons. The predicted octanol–water partition coefficient (Wildman–Crippen LogP) is 3.13. The van der Waals surface area contributed by atoms with E-state index in [0.717, 1.165) is 43.8 Å². The average molecular weight is 412 g/mol. The van der Waals surface area contributed by atoms with Crippen molar-refractivity contribution in [3.8, 4) is 0 Å². The van der Waals surface area contributed by atoms with Crippen molar-refractivity contribution in [1.82, 2.24) is 20.0 Å². The number of nitrogens with zero attached hydrogens (tertiary/aromatic N) is 3. The molecule has 2 aromatic carbocycles. The summed E-state index contributed by atoms with van der Waals surface area (Å²) >= 11 is 6.04. The first-order valence-corrected chi connectivity index (χ1v) is 9.89. The molecule has 1 aromatic heterocycles. The molecule has 0 saturated carbocycles. The number of amides is 2. The summed E-state index contributed by atoms with van der Waals surface area (Å²) in [5.41, 5.74) is 2.95. The molecule has 0 unspecified atom stereocenters. The monoisotopic (exact) mass is 411 g/mol. The summed E-state index contributed by atoms with van der Waals surface area (Å²) in [6, 6.07) is 13.1. The number of anilines is 1. The number of carbonyl (C=O) groups is 2. The molecular weight excluding hydrogens is 390 g/mol. The number of halogens is 1. The van der Waals surface area contributed by atoms with Gasteiger partial charge in [0.05, 0.1) is 5.52 Å². The molecule has 2 N–H and O–H groups in total. The number of aromatic nitrogens is 2. The van der Waals surface area contributed by atoms with Crippen molar-refractivity contribution in [2.24, 2.45) is 0 Å². The summed E-state index contributed by atoms with van der Waals surface area (Å²) in [6.45, 7) is 5.71. The highest BCUT2D eigenvalue weighted by Crippen LogP contribution is 2.22. The topological polar surface area (TPSA) is 81.3 Å². The summed E-state index contributed by atoms with van der Waals surface area (Å²) in [6.07, 6.45) is 0. The van der Waals surface area contributed by atoms with E-state index in [1.54, 1.807) is 25.1 Å². The molecule has 1 saturated heterocycles. The standard InChI is InChI=1S/C21H22ClN5O2/c1-14(28)27-10-8-26(9-11-27)13-15-2-5-17(6-3-15)23-21(29)20-18-12-16(22)4-7-19(18)24-25-20/h2-7,12H,8-11,13H2,1H3,(H,23,29)(H,24,25). The van der Waals surface area contributed by atoms with Crippen LogP contribution < -0.4 is 5.32 Å². The van der Waals surface area contributed by atoms with Crippen molar-refractivity contribution in [3.63, 3.8) is 0 Å². The van der Waals surface area contributed by atoms with Gasteiger partial charge in [-0.05, 0) is 35.9 Å². The van der Waals surface area contributed by atoms with Gasteiger partial charge in [0.2, 0.25) is 5.91 Å². The molecule has 1 fully saturated rings. The van der Waals surface area contributed by atoms with E-state index in [0.29, 0.717) is 21.8 Å². The van der Waals surface area contributed by atoms with Gasteiger partial charge in [0.25, 0.3) is 5.91 Å². The molecule has 3 aromatic rings. The maximum Gasteiger partial charge on any atom is 0.276 e. The van der Waals surface area contributed by atoms with Gasteiger partial charge in [-0.15, -0.1) is 0 Å². The minimum atomic E-state index is -0.286. The van der Waals surface area contributed by atoms with Gasteiger partial charge in [-0.1, -0.05) is 23.7 Å².